The summed E-state index contributed by atoms with van der Waals surface area (Å²) >= 11 is 0. The second-order valence-corrected chi connectivity index (χ2v) is 6.63. The molecule has 0 N–H and O–H groups in total. The third kappa shape index (κ3) is 2.19. The van der Waals surface area contributed by atoms with Gasteiger partial charge in [0.05, 0.1) is 11.2 Å². The molecule has 19 heavy (non-hydrogen) atoms. The van der Waals surface area contributed by atoms with Gasteiger partial charge in [0.15, 0.2) is 0 Å². The van der Waals surface area contributed by atoms with Gasteiger partial charge in [-0.2, -0.15) is 0 Å². The largest absolute Gasteiger partial charge is 0.498 e. The molecule has 1 aliphatic heterocycles. The lowest BCUT2D eigenvalue weighted by Crippen LogP contribution is -2.41. The molecule has 2 heterocycles. The Morgan fingerprint density at radius 3 is 2.21 bits per heavy atom. The van der Waals surface area contributed by atoms with Gasteiger partial charge < -0.3 is 9.31 Å². The van der Waals surface area contributed by atoms with Crippen LogP contribution in [0.15, 0.2) is 6.20 Å². The number of aryl methyl sites for hydroxylation is 1. The molecule has 5 heteroatoms. The Kier molecular flexibility index (Phi) is 2.77. The van der Waals surface area contributed by atoms with E-state index in [1.807, 2.05) is 13.1 Å². The Bertz CT molecular complexity index is 496. The predicted octanol–water partition coefficient (Wildman–Crippen LogP) is 1.96. The van der Waals surface area contributed by atoms with Gasteiger partial charge in [0.2, 0.25) is 0 Å². The zero-order chi connectivity index (χ0) is 13.8. The maximum atomic E-state index is 6.04. The molecule has 1 aliphatic carbocycles. The zero-order valence-corrected chi connectivity index (χ0v) is 12.4. The summed E-state index contributed by atoms with van der Waals surface area (Å²) in [6, 6.07) is 0. The van der Waals surface area contributed by atoms with Crippen LogP contribution in [0, 0.1) is 6.92 Å². The van der Waals surface area contributed by atoms with E-state index in [9.17, 15) is 0 Å². The van der Waals surface area contributed by atoms with Gasteiger partial charge >= 0.3 is 7.12 Å². The van der Waals surface area contributed by atoms with Gasteiger partial charge in [0.1, 0.15) is 5.82 Å². The van der Waals surface area contributed by atoms with Crippen molar-refractivity contribution in [1.29, 1.82) is 0 Å². The molecule has 0 radical (unpaired) electrons. The van der Waals surface area contributed by atoms with Gasteiger partial charge in [-0.15, -0.1) is 0 Å². The average molecular weight is 260 g/mol. The van der Waals surface area contributed by atoms with Crippen LogP contribution in [0.5, 0.6) is 0 Å². The van der Waals surface area contributed by atoms with Gasteiger partial charge in [0.25, 0.3) is 0 Å². The van der Waals surface area contributed by atoms with Crippen molar-refractivity contribution in [2.75, 3.05) is 0 Å². The van der Waals surface area contributed by atoms with Crippen LogP contribution in [-0.4, -0.2) is 28.3 Å². The first-order valence-electron chi connectivity index (χ1n) is 6.99. The molecule has 4 nitrogen and oxygen atoms in total. The van der Waals surface area contributed by atoms with Crippen molar-refractivity contribution in [2.24, 2.45) is 0 Å². The monoisotopic (exact) mass is 260 g/mol. The molecular formula is C14H21BN2O2. The lowest BCUT2D eigenvalue weighted by Gasteiger charge is -2.32. The standard InChI is InChI=1S/C14H21BN2O2/c1-9-11(8-16-12(17-9)10-6-7-10)15-18-13(2,3)14(4,5)19-15/h8,10H,6-7H2,1-5H3. The molecule has 1 aromatic heterocycles. The highest BCUT2D eigenvalue weighted by molar-refractivity contribution is 6.62. The molecule has 1 aromatic rings. The van der Waals surface area contributed by atoms with Gasteiger partial charge in [-0.3, -0.25) is 0 Å². The van der Waals surface area contributed by atoms with Crippen LogP contribution in [0.2, 0.25) is 0 Å². The maximum Gasteiger partial charge on any atom is 0.498 e. The SMILES string of the molecule is Cc1nc(C2CC2)ncc1B1OC(C)(C)C(C)(C)O1. The fraction of sp³-hybridized carbons (Fsp3) is 0.714. The molecule has 0 atom stereocenters. The summed E-state index contributed by atoms with van der Waals surface area (Å²) < 4.78 is 12.1. The van der Waals surface area contributed by atoms with Crippen LogP contribution in [0.1, 0.15) is 58.0 Å². The van der Waals surface area contributed by atoms with Gasteiger partial charge in [-0.1, -0.05) is 0 Å². The van der Waals surface area contributed by atoms with E-state index in [-0.39, 0.29) is 18.3 Å². The van der Waals surface area contributed by atoms with Crippen LogP contribution >= 0.6 is 0 Å². The number of aromatic nitrogens is 2. The number of hydrogen-bond acceptors (Lipinski definition) is 4. The molecule has 1 saturated heterocycles. The first kappa shape index (κ1) is 13.1. The number of hydrogen-bond donors (Lipinski definition) is 0. The molecule has 102 valence electrons. The fourth-order valence-electron chi connectivity index (χ4n) is 2.23. The number of nitrogens with zero attached hydrogens (tertiary/aromatic N) is 2. The highest BCUT2D eigenvalue weighted by Gasteiger charge is 2.52. The van der Waals surface area contributed by atoms with Crippen molar-refractivity contribution in [1.82, 2.24) is 9.97 Å². The lowest BCUT2D eigenvalue weighted by molar-refractivity contribution is 0.00578. The summed E-state index contributed by atoms with van der Waals surface area (Å²) in [7, 11) is -0.363. The average Bonchev–Trinajstić information content (AvgIpc) is 3.07. The molecule has 0 unspecified atom stereocenters. The lowest BCUT2D eigenvalue weighted by atomic mass is 9.79. The fourth-order valence-corrected chi connectivity index (χ4v) is 2.23. The summed E-state index contributed by atoms with van der Waals surface area (Å²) in [5.41, 5.74) is 1.27. The van der Waals surface area contributed by atoms with E-state index < -0.39 is 0 Å². The van der Waals surface area contributed by atoms with Crippen LogP contribution in [0.25, 0.3) is 0 Å². The van der Waals surface area contributed by atoms with E-state index in [4.69, 9.17) is 9.31 Å². The van der Waals surface area contributed by atoms with Gasteiger partial charge in [-0.05, 0) is 47.5 Å². The van der Waals surface area contributed by atoms with Crippen molar-refractivity contribution in [3.05, 3.63) is 17.7 Å². The quantitative estimate of drug-likeness (QED) is 0.762. The second-order valence-electron chi connectivity index (χ2n) is 6.63. The summed E-state index contributed by atoms with van der Waals surface area (Å²) in [5.74, 6) is 1.55. The minimum Gasteiger partial charge on any atom is -0.399 e. The maximum absolute atomic E-state index is 6.04. The summed E-state index contributed by atoms with van der Waals surface area (Å²) in [6.45, 7) is 10.2. The van der Waals surface area contributed by atoms with Crippen LogP contribution in [-0.2, 0) is 9.31 Å². The first-order chi connectivity index (χ1) is 8.80. The van der Waals surface area contributed by atoms with Crippen LogP contribution in [0.4, 0.5) is 0 Å². The van der Waals surface area contributed by atoms with E-state index in [1.165, 1.54) is 12.8 Å². The molecule has 1 saturated carbocycles. The number of rotatable bonds is 2. The summed E-state index contributed by atoms with van der Waals surface area (Å²) in [5, 5.41) is 0. The topological polar surface area (TPSA) is 44.2 Å². The van der Waals surface area contributed by atoms with Crippen LogP contribution < -0.4 is 5.46 Å². The van der Waals surface area contributed by atoms with Crippen molar-refractivity contribution in [3.8, 4) is 0 Å². The molecule has 0 aromatic carbocycles. The highest BCUT2D eigenvalue weighted by atomic mass is 16.7. The predicted molar refractivity (Wildman–Crippen MR) is 74.5 cm³/mol. The minimum absolute atomic E-state index is 0.320. The van der Waals surface area contributed by atoms with E-state index >= 15 is 0 Å². The van der Waals surface area contributed by atoms with E-state index in [2.05, 4.69) is 37.7 Å². The Morgan fingerprint density at radius 1 is 1.16 bits per heavy atom. The van der Waals surface area contributed by atoms with Gasteiger partial charge in [0, 0.05) is 23.3 Å². The third-order valence-corrected chi connectivity index (χ3v) is 4.49. The van der Waals surface area contributed by atoms with E-state index in [0.717, 1.165) is 17.0 Å². The first-order valence-corrected chi connectivity index (χ1v) is 6.99. The van der Waals surface area contributed by atoms with Crippen molar-refractivity contribution in [2.45, 2.75) is 64.6 Å². The summed E-state index contributed by atoms with van der Waals surface area (Å²) in [4.78, 5) is 9.07. The van der Waals surface area contributed by atoms with Crippen LogP contribution in [0.3, 0.4) is 0 Å². The molecular weight excluding hydrogens is 239 g/mol. The molecule has 2 fully saturated rings. The van der Waals surface area contributed by atoms with Crippen molar-refractivity contribution < 1.29 is 9.31 Å². The molecule has 2 aliphatic rings. The third-order valence-electron chi connectivity index (χ3n) is 4.49. The Balaban J connectivity index is 1.87. The normalized spacial score (nSPS) is 24.8. The van der Waals surface area contributed by atoms with Crippen molar-refractivity contribution >= 4 is 12.6 Å². The second kappa shape index (κ2) is 4.03. The minimum atomic E-state index is -0.363. The molecule has 0 spiro atoms. The highest BCUT2D eigenvalue weighted by Crippen LogP contribution is 2.38. The zero-order valence-electron chi connectivity index (χ0n) is 12.4. The molecule has 0 amide bonds. The molecule has 0 bridgehead atoms. The Hall–Kier alpha value is -0.935. The van der Waals surface area contributed by atoms with E-state index in [1.54, 1.807) is 0 Å². The summed E-state index contributed by atoms with van der Waals surface area (Å²) in [6.07, 6.45) is 4.31. The Morgan fingerprint density at radius 2 is 1.74 bits per heavy atom. The molecule has 3 rings (SSSR count). The Labute approximate surface area is 115 Å². The smallest absolute Gasteiger partial charge is 0.399 e. The van der Waals surface area contributed by atoms with E-state index in [0.29, 0.717) is 5.92 Å². The van der Waals surface area contributed by atoms with Crippen molar-refractivity contribution in [3.63, 3.8) is 0 Å². The van der Waals surface area contributed by atoms with Gasteiger partial charge in [-0.25, -0.2) is 9.97 Å².